The number of esters is 1. The predicted molar refractivity (Wildman–Crippen MR) is 161 cm³/mol. The lowest BCUT2D eigenvalue weighted by Gasteiger charge is -2.25. The summed E-state index contributed by atoms with van der Waals surface area (Å²) in [7, 11) is -4.49. The number of rotatable bonds is 12. The number of hydrogen-bond donors (Lipinski definition) is 4. The Bertz CT molecular complexity index is 1730. The first-order valence-corrected chi connectivity index (χ1v) is 15.9. The van der Waals surface area contributed by atoms with Gasteiger partial charge >= 0.3 is 25.3 Å². The number of aliphatic hydroxyl groups is 1. The minimum Gasteiger partial charge on any atom is -0.471 e. The zero-order valence-corrected chi connectivity index (χ0v) is 26.2. The highest BCUT2D eigenvalue weighted by molar-refractivity contribution is 7.52. The van der Waals surface area contributed by atoms with Gasteiger partial charge in [-0.15, -0.1) is 0 Å². The van der Waals surface area contributed by atoms with Gasteiger partial charge in [-0.2, -0.15) is 18.9 Å². The first-order chi connectivity index (χ1) is 22.3. The fourth-order valence-corrected chi connectivity index (χ4v) is 6.09. The molecule has 3 aromatic rings. The molecule has 4 N–H and O–H groups in total. The van der Waals surface area contributed by atoms with Crippen LogP contribution in [0.2, 0.25) is 0 Å². The number of hydrogen-bond acceptors (Lipinski definition) is 12. The smallest absolute Gasteiger partial charge is 0.459 e. The Balaban J connectivity index is 1.28. The molecule has 1 amide bonds. The number of aromatic nitrogens is 2. The first kappa shape index (κ1) is 33.9. The number of nitrogens with one attached hydrogen (secondary N) is 3. The Morgan fingerprint density at radius 3 is 2.64 bits per heavy atom. The molecular formula is C29H32F2N5O10P. The van der Waals surface area contributed by atoms with E-state index in [0.717, 1.165) is 12.3 Å². The first-order valence-electron chi connectivity index (χ1n) is 14.4. The molecule has 15 nitrogen and oxygen atoms in total. The van der Waals surface area contributed by atoms with Crippen LogP contribution in [-0.4, -0.2) is 70.1 Å². The number of aliphatic hydroxyl groups excluding tert-OH is 1. The number of alkyl halides is 2. The van der Waals surface area contributed by atoms with Crippen molar-refractivity contribution in [1.29, 1.82) is 0 Å². The zero-order valence-electron chi connectivity index (χ0n) is 25.3. The Kier molecular flexibility index (Phi) is 9.93. The van der Waals surface area contributed by atoms with Gasteiger partial charge < -0.3 is 34.5 Å². The van der Waals surface area contributed by atoms with Crippen LogP contribution in [0.1, 0.15) is 37.4 Å². The molecule has 2 aliphatic heterocycles. The molecule has 2 aromatic carbocycles. The molecule has 5 atom stereocenters. The maximum atomic E-state index is 15.3. The lowest BCUT2D eigenvalue weighted by molar-refractivity contribution is -0.149. The Labute approximate surface area is 266 Å². The van der Waals surface area contributed by atoms with Gasteiger partial charge in [0.15, 0.2) is 12.8 Å². The monoisotopic (exact) mass is 679 g/mol. The fourth-order valence-electron chi connectivity index (χ4n) is 4.59. The van der Waals surface area contributed by atoms with Crippen molar-refractivity contribution in [2.45, 2.75) is 57.3 Å². The minimum atomic E-state index is -4.49. The van der Waals surface area contributed by atoms with Crippen molar-refractivity contribution < 1.29 is 51.3 Å². The molecule has 18 heteroatoms. The second kappa shape index (κ2) is 13.8. The van der Waals surface area contributed by atoms with Gasteiger partial charge in [-0.25, -0.2) is 9.36 Å². The topological polar surface area (TPSA) is 189 Å². The summed E-state index contributed by atoms with van der Waals surface area (Å²) < 4.78 is 71.3. The Morgan fingerprint density at radius 1 is 1.19 bits per heavy atom. The summed E-state index contributed by atoms with van der Waals surface area (Å²) in [4.78, 5) is 41.5. The molecule has 2 unspecified atom stereocenters. The molecule has 0 spiro atoms. The molecule has 47 heavy (non-hydrogen) atoms. The predicted octanol–water partition coefficient (Wildman–Crippen LogP) is 3.28. The zero-order chi connectivity index (χ0) is 33.9. The number of para-hydroxylation sites is 1. The van der Waals surface area contributed by atoms with Gasteiger partial charge in [0.2, 0.25) is 6.23 Å². The lowest BCUT2D eigenvalue weighted by atomic mass is 10.1. The normalized spacial score (nSPS) is 21.6. The summed E-state index contributed by atoms with van der Waals surface area (Å²) in [5.41, 5.74) is -0.401. The van der Waals surface area contributed by atoms with Crippen molar-refractivity contribution in [2.24, 2.45) is 0 Å². The number of carbonyl (C=O) groups is 2. The van der Waals surface area contributed by atoms with E-state index in [9.17, 15) is 24.1 Å². The minimum absolute atomic E-state index is 0.0653. The molecule has 1 fully saturated rings. The van der Waals surface area contributed by atoms with Crippen LogP contribution < -0.4 is 30.7 Å². The Hall–Kier alpha value is -4.41. The maximum Gasteiger partial charge on any atom is 0.459 e. The second-order valence-corrected chi connectivity index (χ2v) is 12.5. The van der Waals surface area contributed by atoms with Crippen LogP contribution in [0.25, 0.3) is 0 Å². The van der Waals surface area contributed by atoms with Crippen LogP contribution in [0, 0.1) is 0 Å². The fraction of sp³-hybridized carbons (Fsp3) is 0.379. The van der Waals surface area contributed by atoms with E-state index < -0.39 is 68.4 Å². The Morgan fingerprint density at radius 2 is 1.94 bits per heavy atom. The molecule has 1 saturated heterocycles. The molecule has 2 aliphatic rings. The van der Waals surface area contributed by atoms with E-state index in [0.29, 0.717) is 16.0 Å². The summed E-state index contributed by atoms with van der Waals surface area (Å²) in [5.74, 6) is -5.04. The van der Waals surface area contributed by atoms with Crippen molar-refractivity contribution >= 4 is 31.1 Å². The van der Waals surface area contributed by atoms with Crippen LogP contribution >= 0.6 is 7.75 Å². The highest BCUT2D eigenvalue weighted by atomic mass is 31.2. The molecule has 5 rings (SSSR count). The highest BCUT2D eigenvalue weighted by Gasteiger charge is 2.60. The summed E-state index contributed by atoms with van der Waals surface area (Å²) in [5, 5.41) is 18.2. The number of anilines is 2. The molecule has 3 heterocycles. The quantitative estimate of drug-likeness (QED) is 0.161. The molecule has 252 valence electrons. The van der Waals surface area contributed by atoms with E-state index in [1.54, 1.807) is 38.1 Å². The van der Waals surface area contributed by atoms with E-state index in [1.807, 2.05) is 0 Å². The van der Waals surface area contributed by atoms with Gasteiger partial charge in [-0.05, 0) is 57.2 Å². The van der Waals surface area contributed by atoms with Gasteiger partial charge in [-0.1, -0.05) is 18.2 Å². The standard InChI is InChI=1S/C29H32F2N5O10P/c1-16(2)44-26(39)17(3)35-47(41,46-19-7-5-4-6-8-19)43-14-22-24(37)29(30,31)27(45-22)36-12-11-23(34-28(36)40)33-25(38)18-9-10-21-20(13-18)32-15-42-21/h4-13,16-17,22,24,27,32,37H,14-15H2,1-3H3,(H,35,41)(H,33,34,38,40)/t17-,22-,24-,27?,47?/m1/s1. The molecule has 0 aliphatic carbocycles. The number of halogens is 2. The molecular weight excluding hydrogens is 647 g/mol. The average Bonchev–Trinajstić information content (AvgIpc) is 3.57. The van der Waals surface area contributed by atoms with Crippen molar-refractivity contribution in [2.75, 3.05) is 24.0 Å². The van der Waals surface area contributed by atoms with Gasteiger partial charge in [0.1, 0.15) is 29.5 Å². The van der Waals surface area contributed by atoms with Crippen LogP contribution in [-0.2, 0) is 23.4 Å². The second-order valence-electron chi connectivity index (χ2n) is 10.8. The SMILES string of the molecule is CC(C)OC(=O)[C@@H](C)NP(=O)(OC[C@H]1OC(n2ccc(NC(=O)c3ccc4c(c3)NCO4)nc2=O)C(F)(F)[C@@H]1O)Oc1ccccc1. The van der Waals surface area contributed by atoms with Crippen LogP contribution in [0.4, 0.5) is 20.3 Å². The summed E-state index contributed by atoms with van der Waals surface area (Å²) in [6.07, 6.45) is -6.24. The summed E-state index contributed by atoms with van der Waals surface area (Å²) in [6, 6.07) is 12.2. The van der Waals surface area contributed by atoms with E-state index in [4.69, 9.17) is 23.3 Å². The summed E-state index contributed by atoms with van der Waals surface area (Å²) >= 11 is 0. The third kappa shape index (κ3) is 7.77. The van der Waals surface area contributed by atoms with Crippen LogP contribution in [0.5, 0.6) is 11.5 Å². The van der Waals surface area contributed by atoms with E-state index in [2.05, 4.69) is 20.7 Å². The van der Waals surface area contributed by atoms with Crippen LogP contribution in [0.15, 0.2) is 65.6 Å². The molecule has 0 saturated carbocycles. The highest BCUT2D eigenvalue weighted by Crippen LogP contribution is 2.48. The molecule has 1 aromatic heterocycles. The van der Waals surface area contributed by atoms with Gasteiger partial charge in [0.25, 0.3) is 5.91 Å². The average molecular weight is 680 g/mol. The number of amides is 1. The number of nitrogens with zero attached hydrogens (tertiary/aromatic N) is 2. The van der Waals surface area contributed by atoms with Crippen molar-refractivity contribution in [1.82, 2.24) is 14.6 Å². The number of benzene rings is 2. The van der Waals surface area contributed by atoms with Gasteiger partial charge in [0, 0.05) is 11.8 Å². The van der Waals surface area contributed by atoms with E-state index in [1.165, 1.54) is 31.2 Å². The third-order valence-electron chi connectivity index (χ3n) is 6.87. The van der Waals surface area contributed by atoms with E-state index in [-0.39, 0.29) is 23.9 Å². The van der Waals surface area contributed by atoms with Crippen molar-refractivity contribution in [3.8, 4) is 11.5 Å². The third-order valence-corrected chi connectivity index (χ3v) is 8.51. The number of fused-ring (bicyclic) bond motifs is 1. The van der Waals surface area contributed by atoms with Gasteiger partial charge in [-0.3, -0.25) is 18.7 Å². The van der Waals surface area contributed by atoms with Crippen molar-refractivity contribution in [3.63, 3.8) is 0 Å². The number of carbonyl (C=O) groups excluding carboxylic acids is 2. The maximum absolute atomic E-state index is 15.3. The van der Waals surface area contributed by atoms with Crippen LogP contribution in [0.3, 0.4) is 0 Å². The van der Waals surface area contributed by atoms with Crippen molar-refractivity contribution in [3.05, 3.63) is 76.8 Å². The number of ether oxygens (including phenoxy) is 3. The largest absolute Gasteiger partial charge is 0.471 e. The summed E-state index contributed by atoms with van der Waals surface area (Å²) in [6.45, 7) is 3.91. The van der Waals surface area contributed by atoms with E-state index >= 15 is 8.78 Å². The molecule has 0 radical (unpaired) electrons. The lowest BCUT2D eigenvalue weighted by Crippen LogP contribution is -2.42. The van der Waals surface area contributed by atoms with Gasteiger partial charge in [0.05, 0.1) is 18.4 Å². The molecule has 0 bridgehead atoms.